The van der Waals surface area contributed by atoms with Crippen molar-refractivity contribution in [2.75, 3.05) is 0 Å². The van der Waals surface area contributed by atoms with Crippen molar-refractivity contribution < 1.29 is 19.8 Å². The number of rotatable bonds is 3. The van der Waals surface area contributed by atoms with Gasteiger partial charge < -0.3 is 10.2 Å². The van der Waals surface area contributed by atoms with Crippen LogP contribution in [-0.4, -0.2) is 21.8 Å². The first kappa shape index (κ1) is 11.2. The molecule has 0 atom stereocenters. The number of benzene rings is 1. The van der Waals surface area contributed by atoms with E-state index in [0.717, 1.165) is 6.07 Å². The third kappa shape index (κ3) is 2.34. The molecule has 1 rings (SSSR count). The highest BCUT2D eigenvalue weighted by Crippen LogP contribution is 2.25. The van der Waals surface area contributed by atoms with Gasteiger partial charge in [0.25, 0.3) is 0 Å². The lowest BCUT2D eigenvalue weighted by atomic mass is 9.99. The fourth-order valence-corrected chi connectivity index (χ4v) is 1.07. The number of phenols is 2. The highest BCUT2D eigenvalue weighted by molar-refractivity contribution is 6.44. The molecule has 0 aromatic heterocycles. The lowest BCUT2D eigenvalue weighted by Gasteiger charge is -2.04. The summed E-state index contributed by atoms with van der Waals surface area (Å²) in [5.41, 5.74) is 0.0870. The van der Waals surface area contributed by atoms with Gasteiger partial charge in [-0.3, -0.25) is 9.59 Å². The molecule has 1 aromatic carbocycles. The van der Waals surface area contributed by atoms with Gasteiger partial charge >= 0.3 is 0 Å². The van der Waals surface area contributed by atoms with Crippen LogP contribution < -0.4 is 0 Å². The van der Waals surface area contributed by atoms with E-state index in [1.807, 2.05) is 0 Å². The predicted molar refractivity (Wildman–Crippen MR) is 53.9 cm³/mol. The van der Waals surface area contributed by atoms with Crippen LogP contribution in [0.5, 0.6) is 11.5 Å². The summed E-state index contributed by atoms with van der Waals surface area (Å²) in [5, 5.41) is 18.2. The lowest BCUT2D eigenvalue weighted by molar-refractivity contribution is -0.117. The molecule has 0 unspecified atom stereocenters. The van der Waals surface area contributed by atoms with Crippen LogP contribution in [-0.2, 0) is 4.79 Å². The SMILES string of the molecule is CC(C)C(=O)C(=O)c1ccc(O)c(O)c1. The molecule has 0 saturated carbocycles. The number of ketones is 2. The molecule has 2 N–H and O–H groups in total. The molecule has 0 aliphatic rings. The minimum atomic E-state index is -0.652. The highest BCUT2D eigenvalue weighted by Gasteiger charge is 2.20. The van der Waals surface area contributed by atoms with E-state index in [1.54, 1.807) is 13.8 Å². The van der Waals surface area contributed by atoms with Gasteiger partial charge in [-0.05, 0) is 18.2 Å². The summed E-state index contributed by atoms with van der Waals surface area (Å²) in [6.07, 6.45) is 0. The Labute approximate surface area is 87.2 Å². The molecular weight excluding hydrogens is 196 g/mol. The van der Waals surface area contributed by atoms with Crippen LogP contribution in [0.3, 0.4) is 0 Å². The largest absolute Gasteiger partial charge is 0.504 e. The molecule has 15 heavy (non-hydrogen) atoms. The first-order valence-corrected chi connectivity index (χ1v) is 4.54. The number of carbonyl (C=O) groups is 2. The van der Waals surface area contributed by atoms with Crippen LogP contribution in [0, 0.1) is 5.92 Å². The third-order valence-electron chi connectivity index (χ3n) is 1.99. The van der Waals surface area contributed by atoms with Crippen LogP contribution in [0.2, 0.25) is 0 Å². The van der Waals surface area contributed by atoms with Crippen molar-refractivity contribution in [1.29, 1.82) is 0 Å². The van der Waals surface area contributed by atoms with Gasteiger partial charge in [0, 0.05) is 11.5 Å². The maximum absolute atomic E-state index is 11.5. The Morgan fingerprint density at radius 2 is 1.73 bits per heavy atom. The Morgan fingerprint density at radius 3 is 2.20 bits per heavy atom. The monoisotopic (exact) mass is 208 g/mol. The Balaban J connectivity index is 3.02. The number of aromatic hydroxyl groups is 2. The molecule has 0 heterocycles. The van der Waals surface area contributed by atoms with E-state index in [-0.39, 0.29) is 17.2 Å². The van der Waals surface area contributed by atoms with Crippen molar-refractivity contribution in [2.24, 2.45) is 5.92 Å². The van der Waals surface area contributed by atoms with E-state index in [9.17, 15) is 9.59 Å². The smallest absolute Gasteiger partial charge is 0.228 e. The van der Waals surface area contributed by atoms with Crippen molar-refractivity contribution >= 4 is 11.6 Å². The summed E-state index contributed by atoms with van der Waals surface area (Å²) in [7, 11) is 0. The second kappa shape index (κ2) is 4.13. The third-order valence-corrected chi connectivity index (χ3v) is 1.99. The summed E-state index contributed by atoms with van der Waals surface area (Å²) < 4.78 is 0. The quantitative estimate of drug-likeness (QED) is 0.448. The molecular formula is C11H12O4. The second-order valence-electron chi connectivity index (χ2n) is 3.55. The van der Waals surface area contributed by atoms with E-state index in [2.05, 4.69) is 0 Å². The van der Waals surface area contributed by atoms with E-state index in [1.165, 1.54) is 12.1 Å². The van der Waals surface area contributed by atoms with Crippen LogP contribution in [0.25, 0.3) is 0 Å². The van der Waals surface area contributed by atoms with Crippen molar-refractivity contribution in [3.8, 4) is 11.5 Å². The molecule has 0 spiro atoms. The van der Waals surface area contributed by atoms with Gasteiger partial charge in [0.05, 0.1) is 0 Å². The Kier molecular flexibility index (Phi) is 3.09. The molecule has 1 aromatic rings. The highest BCUT2D eigenvalue weighted by atomic mass is 16.3. The molecule has 4 heteroatoms. The Bertz CT molecular complexity index is 407. The predicted octanol–water partition coefficient (Wildman–Crippen LogP) is 1.51. The fourth-order valence-electron chi connectivity index (χ4n) is 1.07. The van der Waals surface area contributed by atoms with Crippen molar-refractivity contribution in [1.82, 2.24) is 0 Å². The minimum Gasteiger partial charge on any atom is -0.504 e. The zero-order valence-electron chi connectivity index (χ0n) is 8.52. The lowest BCUT2D eigenvalue weighted by Crippen LogP contribution is -2.19. The molecule has 0 fully saturated rings. The van der Waals surface area contributed by atoms with E-state index < -0.39 is 17.3 Å². The summed E-state index contributed by atoms with van der Waals surface area (Å²) in [5.74, 6) is -2.27. The van der Waals surface area contributed by atoms with Gasteiger partial charge in [-0.2, -0.15) is 0 Å². The molecule has 0 bridgehead atoms. The van der Waals surface area contributed by atoms with Crippen molar-refractivity contribution in [3.05, 3.63) is 23.8 Å². The van der Waals surface area contributed by atoms with E-state index >= 15 is 0 Å². The first-order valence-electron chi connectivity index (χ1n) is 4.54. The summed E-state index contributed by atoms with van der Waals surface area (Å²) >= 11 is 0. The van der Waals surface area contributed by atoms with Gasteiger partial charge in [0.2, 0.25) is 11.6 Å². The van der Waals surface area contributed by atoms with Crippen LogP contribution in [0.15, 0.2) is 18.2 Å². The molecule has 0 amide bonds. The second-order valence-corrected chi connectivity index (χ2v) is 3.55. The van der Waals surface area contributed by atoms with Crippen LogP contribution in [0.4, 0.5) is 0 Å². The average Bonchev–Trinajstić information content (AvgIpc) is 2.19. The standard InChI is InChI=1S/C11H12O4/c1-6(2)10(14)11(15)7-3-4-8(12)9(13)5-7/h3-6,12-13H,1-2H3. The first-order chi connectivity index (χ1) is 6.93. The topological polar surface area (TPSA) is 74.6 Å². The van der Waals surface area contributed by atoms with E-state index in [4.69, 9.17) is 10.2 Å². The van der Waals surface area contributed by atoms with Crippen LogP contribution >= 0.6 is 0 Å². The van der Waals surface area contributed by atoms with Gasteiger partial charge in [-0.15, -0.1) is 0 Å². The molecule has 0 aliphatic heterocycles. The number of Topliss-reactive ketones (excluding diaryl/α,β-unsaturated/α-hetero) is 2. The number of phenolic OH excluding ortho intramolecular Hbond substituents is 2. The molecule has 0 saturated heterocycles. The summed E-state index contributed by atoms with van der Waals surface area (Å²) in [6, 6.07) is 3.56. The van der Waals surface area contributed by atoms with Gasteiger partial charge in [0.1, 0.15) is 0 Å². The van der Waals surface area contributed by atoms with Gasteiger partial charge in [-0.25, -0.2) is 0 Å². The van der Waals surface area contributed by atoms with Gasteiger partial charge in [-0.1, -0.05) is 13.8 Å². The number of hydrogen-bond donors (Lipinski definition) is 2. The molecule has 80 valence electrons. The normalized spacial score (nSPS) is 10.3. The molecule has 0 radical (unpaired) electrons. The molecule has 4 nitrogen and oxygen atoms in total. The van der Waals surface area contributed by atoms with Crippen LogP contribution in [0.1, 0.15) is 24.2 Å². The fraction of sp³-hybridized carbons (Fsp3) is 0.273. The Morgan fingerprint density at radius 1 is 1.13 bits per heavy atom. The molecule has 0 aliphatic carbocycles. The van der Waals surface area contributed by atoms with Crippen molar-refractivity contribution in [2.45, 2.75) is 13.8 Å². The van der Waals surface area contributed by atoms with Gasteiger partial charge in [0.15, 0.2) is 11.5 Å². The average molecular weight is 208 g/mol. The number of carbonyl (C=O) groups excluding carboxylic acids is 2. The maximum atomic E-state index is 11.5. The summed E-state index contributed by atoms with van der Waals surface area (Å²) in [6.45, 7) is 3.25. The zero-order valence-corrected chi connectivity index (χ0v) is 8.52. The minimum absolute atomic E-state index is 0.0870. The maximum Gasteiger partial charge on any atom is 0.228 e. The number of hydrogen-bond acceptors (Lipinski definition) is 4. The summed E-state index contributed by atoms with van der Waals surface area (Å²) in [4.78, 5) is 22.9. The Hall–Kier alpha value is -1.84. The van der Waals surface area contributed by atoms with E-state index in [0.29, 0.717) is 0 Å². The van der Waals surface area contributed by atoms with Crippen molar-refractivity contribution in [3.63, 3.8) is 0 Å². The zero-order chi connectivity index (χ0) is 11.6.